The van der Waals surface area contributed by atoms with Gasteiger partial charge in [-0.15, -0.1) is 6.42 Å². The van der Waals surface area contributed by atoms with Gasteiger partial charge in [0.1, 0.15) is 6.61 Å². The van der Waals surface area contributed by atoms with Crippen LogP contribution in [0.15, 0.2) is 12.2 Å². The first-order valence-corrected chi connectivity index (χ1v) is 4.38. The van der Waals surface area contributed by atoms with Crippen LogP contribution in [0.2, 0.25) is 0 Å². The highest BCUT2D eigenvalue weighted by molar-refractivity contribution is 6.32. The molecule has 0 fully saturated rings. The van der Waals surface area contributed by atoms with E-state index < -0.39 is 24.7 Å². The van der Waals surface area contributed by atoms with Crippen LogP contribution in [0.3, 0.4) is 0 Å². The molecule has 7 heteroatoms. The number of carbonyl (C=O) groups excluding carboxylic acids is 2. The third-order valence-electron chi connectivity index (χ3n) is 1.47. The molecule has 0 atom stereocenters. The van der Waals surface area contributed by atoms with Crippen LogP contribution >= 0.6 is 0 Å². The molecule has 0 spiro atoms. The van der Waals surface area contributed by atoms with Crippen LogP contribution in [0, 0.1) is 12.3 Å². The Hall–Kier alpha value is -1.97. The third kappa shape index (κ3) is 7.00. The van der Waals surface area contributed by atoms with E-state index in [1.54, 1.807) is 0 Å². The summed E-state index contributed by atoms with van der Waals surface area (Å²) in [6, 6.07) is 0. The number of rotatable bonds is 3. The van der Waals surface area contributed by atoms with Gasteiger partial charge in [-0.05, 0) is 6.08 Å². The van der Waals surface area contributed by atoms with Crippen molar-refractivity contribution in [3.63, 3.8) is 0 Å². The first-order valence-electron chi connectivity index (χ1n) is 4.38. The van der Waals surface area contributed by atoms with Gasteiger partial charge in [-0.25, -0.2) is 4.79 Å². The number of terminal acetylenes is 1. The van der Waals surface area contributed by atoms with E-state index in [1.165, 1.54) is 7.05 Å². The minimum absolute atomic E-state index is 0.0874. The van der Waals surface area contributed by atoms with E-state index in [1.807, 2.05) is 0 Å². The predicted octanol–water partition coefficient (Wildman–Crippen LogP) is 0.740. The molecule has 0 bridgehead atoms. The summed E-state index contributed by atoms with van der Waals surface area (Å²) in [5, 5.41) is 0. The lowest BCUT2D eigenvalue weighted by Crippen LogP contribution is -2.34. The molecule has 17 heavy (non-hydrogen) atoms. The maximum Gasteiger partial charge on any atom is 0.409 e. The summed E-state index contributed by atoms with van der Waals surface area (Å²) >= 11 is 0. The van der Waals surface area contributed by atoms with Crippen molar-refractivity contribution in [3.05, 3.63) is 12.2 Å². The largest absolute Gasteiger partial charge is 0.454 e. The van der Waals surface area contributed by atoms with Gasteiger partial charge in [0.2, 0.25) is 0 Å². The molecular formula is C10H10F3NO3. The molecule has 0 unspecified atom stereocenters. The van der Waals surface area contributed by atoms with Crippen molar-refractivity contribution in [2.75, 3.05) is 20.2 Å². The molecule has 0 aromatic heterocycles. The average molecular weight is 249 g/mol. The third-order valence-corrected chi connectivity index (χ3v) is 1.47. The Morgan fingerprint density at radius 2 is 2.06 bits per heavy atom. The maximum absolute atomic E-state index is 11.6. The van der Waals surface area contributed by atoms with Crippen LogP contribution < -0.4 is 0 Å². The number of alkyl halides is 3. The minimum Gasteiger partial charge on any atom is -0.454 e. The Kier molecular flexibility index (Phi) is 5.82. The predicted molar refractivity (Wildman–Crippen MR) is 52.6 cm³/mol. The van der Waals surface area contributed by atoms with Crippen molar-refractivity contribution in [1.82, 2.24) is 4.90 Å². The highest BCUT2D eigenvalue weighted by atomic mass is 19.4. The molecule has 0 aromatic rings. The van der Waals surface area contributed by atoms with Gasteiger partial charge in [-0.2, -0.15) is 13.2 Å². The summed E-state index contributed by atoms with van der Waals surface area (Å²) in [6.07, 6.45) is 0.931. The number of ether oxygens (including phenoxy) is 1. The summed E-state index contributed by atoms with van der Waals surface area (Å²) in [4.78, 5) is 23.0. The number of hydrogen-bond acceptors (Lipinski definition) is 3. The van der Waals surface area contributed by atoms with E-state index in [2.05, 4.69) is 10.7 Å². The molecule has 4 nitrogen and oxygen atoms in total. The van der Waals surface area contributed by atoms with Crippen LogP contribution in [-0.4, -0.2) is 43.2 Å². The van der Waals surface area contributed by atoms with Crippen molar-refractivity contribution < 1.29 is 27.5 Å². The van der Waals surface area contributed by atoms with E-state index in [-0.39, 0.29) is 12.6 Å². The first kappa shape index (κ1) is 15.0. The zero-order chi connectivity index (χ0) is 13.5. The number of esters is 1. The summed E-state index contributed by atoms with van der Waals surface area (Å²) in [5.74, 6) is -0.141. The van der Waals surface area contributed by atoms with Gasteiger partial charge in [0.25, 0.3) is 0 Å². The summed E-state index contributed by atoms with van der Waals surface area (Å²) in [5.41, 5.74) is 0. The Balaban J connectivity index is 4.08. The highest BCUT2D eigenvalue weighted by Crippen LogP contribution is 2.15. The number of nitrogens with zero attached hydrogens (tertiary/aromatic N) is 1. The van der Waals surface area contributed by atoms with Crippen LogP contribution in [-0.2, 0) is 14.3 Å². The standard InChI is InChI=1S/C10H10F3NO3/c1-3-6-14(2)8(15)9(16)17-7-4-5-10(11,12)13/h1,4-5H,6-7H2,2H3/b5-4+. The second-order valence-electron chi connectivity index (χ2n) is 2.91. The van der Waals surface area contributed by atoms with Crippen molar-refractivity contribution in [3.8, 4) is 12.3 Å². The quantitative estimate of drug-likeness (QED) is 0.321. The van der Waals surface area contributed by atoms with E-state index in [4.69, 9.17) is 6.42 Å². The fourth-order valence-electron chi connectivity index (χ4n) is 0.732. The monoisotopic (exact) mass is 249 g/mol. The molecule has 0 heterocycles. The van der Waals surface area contributed by atoms with Crippen LogP contribution in [0.25, 0.3) is 0 Å². The second-order valence-corrected chi connectivity index (χ2v) is 2.91. The summed E-state index contributed by atoms with van der Waals surface area (Å²) in [7, 11) is 1.27. The number of amides is 1. The van der Waals surface area contributed by atoms with Crippen molar-refractivity contribution in [2.24, 2.45) is 0 Å². The molecule has 1 amide bonds. The van der Waals surface area contributed by atoms with Gasteiger partial charge >= 0.3 is 18.1 Å². The molecule has 0 aromatic carbocycles. The van der Waals surface area contributed by atoms with Gasteiger partial charge in [-0.1, -0.05) is 5.92 Å². The van der Waals surface area contributed by atoms with Crippen LogP contribution in [0.5, 0.6) is 0 Å². The van der Waals surface area contributed by atoms with Crippen molar-refractivity contribution in [2.45, 2.75) is 6.18 Å². The highest BCUT2D eigenvalue weighted by Gasteiger charge is 2.22. The van der Waals surface area contributed by atoms with E-state index in [0.29, 0.717) is 6.08 Å². The van der Waals surface area contributed by atoms with E-state index >= 15 is 0 Å². The average Bonchev–Trinajstić information content (AvgIpc) is 2.22. The van der Waals surface area contributed by atoms with E-state index in [0.717, 1.165) is 4.90 Å². The number of carbonyl (C=O) groups is 2. The molecule has 0 aliphatic heterocycles. The lowest BCUT2D eigenvalue weighted by Gasteiger charge is -2.11. The lowest BCUT2D eigenvalue weighted by molar-refractivity contribution is -0.158. The Morgan fingerprint density at radius 3 is 2.53 bits per heavy atom. The SMILES string of the molecule is C#CCN(C)C(=O)C(=O)OC/C=C/C(F)(F)F. The number of halogens is 3. The number of hydrogen-bond donors (Lipinski definition) is 0. The molecule has 0 rings (SSSR count). The normalized spacial score (nSPS) is 11.0. The van der Waals surface area contributed by atoms with Gasteiger partial charge in [-0.3, -0.25) is 4.79 Å². The van der Waals surface area contributed by atoms with Gasteiger partial charge in [0.05, 0.1) is 6.54 Å². The summed E-state index contributed by atoms with van der Waals surface area (Å²) in [6.45, 7) is -0.722. The topological polar surface area (TPSA) is 46.6 Å². The first-order chi connectivity index (χ1) is 7.78. The Labute approximate surface area is 96.0 Å². The maximum atomic E-state index is 11.6. The van der Waals surface area contributed by atoms with Gasteiger partial charge in [0, 0.05) is 13.1 Å². The second kappa shape index (κ2) is 6.58. The van der Waals surface area contributed by atoms with Gasteiger partial charge in [0.15, 0.2) is 0 Å². The fraction of sp³-hybridized carbons (Fsp3) is 0.400. The molecule has 0 saturated carbocycles. The lowest BCUT2D eigenvalue weighted by atomic mass is 10.5. The molecule has 0 aliphatic rings. The molecule has 0 aliphatic carbocycles. The minimum atomic E-state index is -4.48. The molecule has 0 N–H and O–H groups in total. The zero-order valence-electron chi connectivity index (χ0n) is 8.95. The van der Waals surface area contributed by atoms with Crippen molar-refractivity contribution >= 4 is 11.9 Å². The Bertz CT molecular complexity index is 355. The number of allylic oxidation sites excluding steroid dienone is 1. The molecule has 0 radical (unpaired) electrons. The number of likely N-dealkylation sites (N-methyl/N-ethyl adjacent to an activating group) is 1. The summed E-state index contributed by atoms with van der Waals surface area (Å²) < 4.78 is 39.2. The zero-order valence-corrected chi connectivity index (χ0v) is 8.95. The fourth-order valence-corrected chi connectivity index (χ4v) is 0.732. The van der Waals surface area contributed by atoms with Crippen LogP contribution in [0.1, 0.15) is 0 Å². The molecule has 94 valence electrons. The molecule has 0 saturated heterocycles. The van der Waals surface area contributed by atoms with E-state index in [9.17, 15) is 22.8 Å². The Morgan fingerprint density at radius 1 is 1.47 bits per heavy atom. The van der Waals surface area contributed by atoms with Crippen LogP contribution in [0.4, 0.5) is 13.2 Å². The smallest absolute Gasteiger partial charge is 0.409 e. The molecular weight excluding hydrogens is 239 g/mol. The van der Waals surface area contributed by atoms with Crippen molar-refractivity contribution in [1.29, 1.82) is 0 Å². The van der Waals surface area contributed by atoms with Gasteiger partial charge < -0.3 is 9.64 Å².